The van der Waals surface area contributed by atoms with Gasteiger partial charge in [0.25, 0.3) is 20.2 Å². The maximum atomic E-state index is 11.2. The molecule has 6 nitrogen and oxygen atoms in total. The first-order valence-electron chi connectivity index (χ1n) is 4.80. The van der Waals surface area contributed by atoms with Gasteiger partial charge in [-0.15, -0.1) is 0 Å². The Morgan fingerprint density at radius 3 is 2.11 bits per heavy atom. The second kappa shape index (κ2) is 4.81. The molecule has 0 bridgehead atoms. The van der Waals surface area contributed by atoms with E-state index in [0.717, 1.165) is 13.0 Å². The van der Waals surface area contributed by atoms with Crippen LogP contribution >= 0.6 is 0 Å². The molecule has 0 amide bonds. The predicted molar refractivity (Wildman–Crippen MR) is 66.3 cm³/mol. The highest BCUT2D eigenvalue weighted by atomic mass is 32.2. The molecule has 0 aliphatic heterocycles. The SMILES string of the molecule is C/C=c1/c(S(=O)(=O)O)ccc/c1=C(/C)S(=O)(=O)O. The van der Waals surface area contributed by atoms with Gasteiger partial charge < -0.3 is 0 Å². The van der Waals surface area contributed by atoms with E-state index in [1.165, 1.54) is 25.1 Å². The van der Waals surface area contributed by atoms with Crippen LogP contribution in [0.3, 0.4) is 0 Å². The maximum absolute atomic E-state index is 11.2. The molecule has 0 saturated heterocycles. The van der Waals surface area contributed by atoms with Crippen molar-refractivity contribution in [1.29, 1.82) is 0 Å². The smallest absolute Gasteiger partial charge is 0.282 e. The summed E-state index contributed by atoms with van der Waals surface area (Å²) in [6.07, 6.45) is 1.34. The highest BCUT2D eigenvalue weighted by molar-refractivity contribution is 7.94. The predicted octanol–water partition coefficient (Wildman–Crippen LogP) is -0.250. The summed E-state index contributed by atoms with van der Waals surface area (Å²) in [5.41, 5.74) is 0. The van der Waals surface area contributed by atoms with Gasteiger partial charge in [0, 0.05) is 0 Å². The number of benzene rings is 1. The van der Waals surface area contributed by atoms with Crippen LogP contribution < -0.4 is 10.4 Å². The van der Waals surface area contributed by atoms with Crippen LogP contribution in [0.4, 0.5) is 0 Å². The standard InChI is InChI=1S/C10H12O6S2/c1-3-8-9(7(2)17(11,12)13)5-4-6-10(8)18(14,15)16/h3-6H,1-2H3,(H,11,12,13)(H,14,15,16)/b8-3+,9-7+. The van der Waals surface area contributed by atoms with Gasteiger partial charge in [-0.3, -0.25) is 9.11 Å². The van der Waals surface area contributed by atoms with Crippen LogP contribution in [0.15, 0.2) is 23.1 Å². The van der Waals surface area contributed by atoms with Gasteiger partial charge in [-0.05, 0) is 30.4 Å². The third-order valence-corrected chi connectivity index (χ3v) is 4.30. The molecule has 0 heterocycles. The van der Waals surface area contributed by atoms with Gasteiger partial charge >= 0.3 is 0 Å². The summed E-state index contributed by atoms with van der Waals surface area (Å²) in [6, 6.07) is 3.76. The van der Waals surface area contributed by atoms with E-state index in [-0.39, 0.29) is 15.3 Å². The molecule has 0 aromatic heterocycles. The summed E-state index contributed by atoms with van der Waals surface area (Å²) in [7, 11) is -8.90. The fraction of sp³-hybridized carbons (Fsp3) is 0.200. The van der Waals surface area contributed by atoms with Crippen LogP contribution in [-0.2, 0) is 20.2 Å². The lowest BCUT2D eigenvalue weighted by molar-refractivity contribution is 0.481. The van der Waals surface area contributed by atoms with Crippen molar-refractivity contribution in [2.24, 2.45) is 0 Å². The van der Waals surface area contributed by atoms with Crippen LogP contribution in [0, 0.1) is 0 Å². The summed E-state index contributed by atoms with van der Waals surface area (Å²) in [5.74, 6) is 0. The molecule has 8 heteroatoms. The second-order valence-electron chi connectivity index (χ2n) is 3.51. The molecule has 0 fully saturated rings. The van der Waals surface area contributed by atoms with Crippen LogP contribution in [0.1, 0.15) is 13.8 Å². The molecule has 18 heavy (non-hydrogen) atoms. The van der Waals surface area contributed by atoms with E-state index in [1.54, 1.807) is 0 Å². The largest absolute Gasteiger partial charge is 0.295 e. The zero-order chi connectivity index (χ0) is 14.1. The van der Waals surface area contributed by atoms with Gasteiger partial charge in [0.15, 0.2) is 0 Å². The van der Waals surface area contributed by atoms with Gasteiger partial charge in [0.05, 0.1) is 4.91 Å². The first-order valence-corrected chi connectivity index (χ1v) is 7.68. The molecule has 0 aliphatic carbocycles. The van der Waals surface area contributed by atoms with E-state index in [1.807, 2.05) is 0 Å². The number of hydrogen-bond donors (Lipinski definition) is 2. The van der Waals surface area contributed by atoms with Crippen LogP contribution in [0.2, 0.25) is 0 Å². The lowest BCUT2D eigenvalue weighted by Gasteiger charge is -2.02. The Morgan fingerprint density at radius 2 is 1.72 bits per heavy atom. The Bertz CT molecular complexity index is 787. The topological polar surface area (TPSA) is 109 Å². The van der Waals surface area contributed by atoms with Crippen molar-refractivity contribution in [3.05, 3.63) is 28.6 Å². The third kappa shape index (κ3) is 2.96. The van der Waals surface area contributed by atoms with Crippen molar-refractivity contribution in [2.75, 3.05) is 0 Å². The van der Waals surface area contributed by atoms with Crippen molar-refractivity contribution in [2.45, 2.75) is 18.7 Å². The van der Waals surface area contributed by atoms with E-state index in [0.29, 0.717) is 0 Å². The molecule has 100 valence electrons. The highest BCUT2D eigenvalue weighted by Crippen LogP contribution is 2.03. The van der Waals surface area contributed by atoms with E-state index in [2.05, 4.69) is 0 Å². The van der Waals surface area contributed by atoms with E-state index in [9.17, 15) is 16.8 Å². The normalized spacial score (nSPS) is 15.7. The maximum Gasteiger partial charge on any atom is 0.295 e. The first kappa shape index (κ1) is 14.8. The minimum absolute atomic E-state index is 0.0233. The second-order valence-corrected chi connectivity index (χ2v) is 6.46. The molecular weight excluding hydrogens is 280 g/mol. The average Bonchev–Trinajstić information content (AvgIpc) is 2.24. The van der Waals surface area contributed by atoms with Crippen molar-refractivity contribution in [1.82, 2.24) is 0 Å². The molecule has 1 aromatic rings. The van der Waals surface area contributed by atoms with E-state index >= 15 is 0 Å². The molecule has 0 unspecified atom stereocenters. The third-order valence-electron chi connectivity index (χ3n) is 2.40. The summed E-state index contributed by atoms with van der Waals surface area (Å²) in [4.78, 5) is -0.799. The lowest BCUT2D eigenvalue weighted by atomic mass is 10.2. The molecular formula is C10H12O6S2. The van der Waals surface area contributed by atoms with Gasteiger partial charge in [-0.25, -0.2) is 0 Å². The molecule has 0 spiro atoms. The van der Waals surface area contributed by atoms with Crippen molar-refractivity contribution < 1.29 is 25.9 Å². The summed E-state index contributed by atoms with van der Waals surface area (Å²) >= 11 is 0. The summed E-state index contributed by atoms with van der Waals surface area (Å²) < 4.78 is 62.4. The van der Waals surface area contributed by atoms with Gasteiger partial charge in [0.2, 0.25) is 0 Å². The summed E-state index contributed by atoms with van der Waals surface area (Å²) in [6.45, 7) is 2.64. The Hall–Kier alpha value is -1.22. The molecule has 0 aliphatic rings. The monoisotopic (exact) mass is 292 g/mol. The number of hydrogen-bond acceptors (Lipinski definition) is 4. The zero-order valence-corrected chi connectivity index (χ0v) is 11.3. The first-order chi connectivity index (χ1) is 8.09. The Labute approximate surface area is 105 Å². The lowest BCUT2D eigenvalue weighted by Crippen LogP contribution is -2.32. The zero-order valence-electron chi connectivity index (χ0n) is 9.65. The van der Waals surface area contributed by atoms with Crippen LogP contribution in [0.25, 0.3) is 11.0 Å². The molecule has 0 saturated carbocycles. The highest BCUT2D eigenvalue weighted by Gasteiger charge is 2.15. The van der Waals surface area contributed by atoms with Gasteiger partial charge in [-0.2, -0.15) is 16.8 Å². The van der Waals surface area contributed by atoms with E-state index in [4.69, 9.17) is 9.11 Å². The molecule has 1 aromatic carbocycles. The van der Waals surface area contributed by atoms with Crippen LogP contribution in [-0.4, -0.2) is 25.9 Å². The van der Waals surface area contributed by atoms with Crippen LogP contribution in [0.5, 0.6) is 0 Å². The Balaban J connectivity index is 4.07. The Kier molecular flexibility index (Phi) is 3.96. The molecule has 2 N–H and O–H groups in total. The fourth-order valence-corrected chi connectivity index (χ4v) is 2.72. The van der Waals surface area contributed by atoms with Crippen molar-refractivity contribution in [3.8, 4) is 0 Å². The molecule has 0 radical (unpaired) electrons. The Morgan fingerprint density at radius 1 is 1.17 bits per heavy atom. The number of rotatable bonds is 2. The van der Waals surface area contributed by atoms with Crippen molar-refractivity contribution >= 4 is 31.2 Å². The van der Waals surface area contributed by atoms with Gasteiger partial charge in [-0.1, -0.05) is 18.2 Å². The fourth-order valence-electron chi connectivity index (χ4n) is 1.51. The van der Waals surface area contributed by atoms with E-state index < -0.39 is 25.1 Å². The minimum atomic E-state index is -4.47. The average molecular weight is 292 g/mol. The van der Waals surface area contributed by atoms with Crippen molar-refractivity contribution in [3.63, 3.8) is 0 Å². The summed E-state index contributed by atoms with van der Waals surface area (Å²) in [5, 5.41) is 0.0465. The quantitative estimate of drug-likeness (QED) is 0.728. The molecule has 0 atom stereocenters. The van der Waals surface area contributed by atoms with Gasteiger partial charge in [0.1, 0.15) is 4.90 Å². The minimum Gasteiger partial charge on any atom is -0.282 e. The molecule has 1 rings (SSSR count).